The lowest BCUT2D eigenvalue weighted by Gasteiger charge is -2.15. The second-order valence-electron chi connectivity index (χ2n) is 6.43. The van der Waals surface area contributed by atoms with E-state index in [4.69, 9.17) is 33.2 Å². The predicted octanol–water partition coefficient (Wildman–Crippen LogP) is 3.41. The van der Waals surface area contributed by atoms with E-state index in [1.165, 1.54) is 52.3 Å². The van der Waals surface area contributed by atoms with Crippen molar-refractivity contribution in [2.75, 3.05) is 47.1 Å². The maximum atomic E-state index is 13.1. The average molecular weight is 505 g/mol. The van der Waals surface area contributed by atoms with Gasteiger partial charge in [-0.25, -0.2) is 4.79 Å². The number of carbonyl (C=O) groups excluding carboxylic acids is 1. The monoisotopic (exact) mass is 504 g/mol. The largest absolute Gasteiger partial charge is 0.481 e. The molecule has 35 heavy (non-hydrogen) atoms. The fourth-order valence-corrected chi connectivity index (χ4v) is 2.90. The van der Waals surface area contributed by atoms with Gasteiger partial charge in [0.15, 0.2) is 0 Å². The SMILES string of the molecule is COc1cc(OC)nc(Oc2cccc(Oc3nc(OC)cc(OC)n3)c2C(=O)OCCSC)n1. The third-order valence-corrected chi connectivity index (χ3v) is 4.84. The zero-order valence-corrected chi connectivity index (χ0v) is 20.6. The lowest BCUT2D eigenvalue weighted by Crippen LogP contribution is -2.11. The number of hydrogen-bond donors (Lipinski definition) is 0. The number of esters is 1. The zero-order chi connectivity index (χ0) is 25.2. The number of aromatic nitrogens is 4. The number of nitrogens with zero attached hydrogens (tertiary/aromatic N) is 4. The highest BCUT2D eigenvalue weighted by Gasteiger charge is 2.24. The van der Waals surface area contributed by atoms with Crippen molar-refractivity contribution in [2.24, 2.45) is 0 Å². The van der Waals surface area contributed by atoms with Crippen LogP contribution in [0.2, 0.25) is 0 Å². The van der Waals surface area contributed by atoms with E-state index in [9.17, 15) is 4.79 Å². The summed E-state index contributed by atoms with van der Waals surface area (Å²) in [5, 5.41) is 0. The molecule has 0 fully saturated rings. The Morgan fingerprint density at radius 1 is 0.771 bits per heavy atom. The Labute approximate surface area is 205 Å². The number of rotatable bonds is 12. The quantitative estimate of drug-likeness (QED) is 0.264. The van der Waals surface area contributed by atoms with Crippen LogP contribution in [0.3, 0.4) is 0 Å². The molecule has 2 aromatic heterocycles. The highest BCUT2D eigenvalue weighted by Crippen LogP contribution is 2.35. The molecule has 0 radical (unpaired) electrons. The smallest absolute Gasteiger partial charge is 0.345 e. The van der Waals surface area contributed by atoms with Gasteiger partial charge in [0.05, 0.1) is 40.6 Å². The highest BCUT2D eigenvalue weighted by molar-refractivity contribution is 7.98. The third kappa shape index (κ3) is 6.76. The number of carbonyl (C=O) groups is 1. The van der Waals surface area contributed by atoms with Gasteiger partial charge in [0.25, 0.3) is 0 Å². The maximum Gasteiger partial charge on any atom is 0.345 e. The molecule has 13 heteroatoms. The van der Waals surface area contributed by atoms with Gasteiger partial charge in [-0.15, -0.1) is 0 Å². The summed E-state index contributed by atoms with van der Waals surface area (Å²) in [6.07, 6.45) is 1.90. The number of thioether (sulfide) groups is 1. The Kier molecular flexibility index (Phi) is 9.12. The van der Waals surface area contributed by atoms with Gasteiger partial charge in [-0.1, -0.05) is 6.07 Å². The molecule has 0 aliphatic heterocycles. The predicted molar refractivity (Wildman–Crippen MR) is 126 cm³/mol. The number of benzene rings is 1. The van der Waals surface area contributed by atoms with Crippen LogP contribution in [0.15, 0.2) is 30.3 Å². The molecule has 0 spiro atoms. The van der Waals surface area contributed by atoms with Crippen molar-refractivity contribution in [3.8, 4) is 47.0 Å². The molecule has 2 heterocycles. The van der Waals surface area contributed by atoms with Crippen molar-refractivity contribution in [1.29, 1.82) is 0 Å². The van der Waals surface area contributed by atoms with Gasteiger partial charge in [0.2, 0.25) is 23.5 Å². The van der Waals surface area contributed by atoms with Gasteiger partial charge < -0.3 is 33.2 Å². The van der Waals surface area contributed by atoms with E-state index >= 15 is 0 Å². The molecule has 0 N–H and O–H groups in total. The lowest BCUT2D eigenvalue weighted by atomic mass is 10.2. The molecule has 0 saturated carbocycles. The Morgan fingerprint density at radius 2 is 1.20 bits per heavy atom. The first-order valence-corrected chi connectivity index (χ1v) is 11.5. The molecule has 12 nitrogen and oxygen atoms in total. The Hall–Kier alpha value is -4.00. The molecule has 0 atom stereocenters. The van der Waals surface area contributed by atoms with Gasteiger partial charge in [-0.3, -0.25) is 0 Å². The summed E-state index contributed by atoms with van der Waals surface area (Å²) in [5.74, 6) is 0.899. The van der Waals surface area contributed by atoms with Crippen molar-refractivity contribution >= 4 is 17.7 Å². The molecule has 0 aliphatic rings. The zero-order valence-electron chi connectivity index (χ0n) is 19.8. The fourth-order valence-electron chi connectivity index (χ4n) is 2.65. The number of hydrogen-bond acceptors (Lipinski definition) is 13. The first-order valence-electron chi connectivity index (χ1n) is 10.1. The summed E-state index contributed by atoms with van der Waals surface area (Å²) in [5.41, 5.74) is -0.0237. The lowest BCUT2D eigenvalue weighted by molar-refractivity contribution is 0.0524. The summed E-state index contributed by atoms with van der Waals surface area (Å²) >= 11 is 1.53. The summed E-state index contributed by atoms with van der Waals surface area (Å²) < 4.78 is 37.7. The Balaban J connectivity index is 2.03. The molecule has 0 unspecified atom stereocenters. The van der Waals surface area contributed by atoms with E-state index in [-0.39, 0.29) is 59.2 Å². The second-order valence-corrected chi connectivity index (χ2v) is 7.42. The van der Waals surface area contributed by atoms with Gasteiger partial charge in [0.1, 0.15) is 23.7 Å². The minimum atomic E-state index is -0.686. The van der Waals surface area contributed by atoms with Crippen molar-refractivity contribution < 1.29 is 38.0 Å². The van der Waals surface area contributed by atoms with E-state index in [0.717, 1.165) is 0 Å². The maximum absolute atomic E-state index is 13.1. The molecule has 3 rings (SSSR count). The molecular formula is C22H24N4O8S. The van der Waals surface area contributed by atoms with E-state index in [1.807, 2.05) is 6.26 Å². The molecular weight excluding hydrogens is 480 g/mol. The van der Waals surface area contributed by atoms with Crippen LogP contribution in [-0.2, 0) is 4.74 Å². The average Bonchev–Trinajstić information content (AvgIpc) is 2.88. The van der Waals surface area contributed by atoms with E-state index < -0.39 is 5.97 Å². The summed E-state index contributed by atoms with van der Waals surface area (Å²) in [4.78, 5) is 29.6. The minimum absolute atomic E-state index is 0.0237. The first-order chi connectivity index (χ1) is 17.0. The minimum Gasteiger partial charge on any atom is -0.481 e. The second kappa shape index (κ2) is 12.5. The number of ether oxygens (including phenoxy) is 7. The first kappa shape index (κ1) is 25.6. The highest BCUT2D eigenvalue weighted by atomic mass is 32.2. The third-order valence-electron chi connectivity index (χ3n) is 4.27. The molecule has 1 aromatic carbocycles. The van der Waals surface area contributed by atoms with Gasteiger partial charge >= 0.3 is 18.0 Å². The molecule has 0 amide bonds. The molecule has 186 valence electrons. The summed E-state index contributed by atoms with van der Waals surface area (Å²) in [6.45, 7) is 0.181. The van der Waals surface area contributed by atoms with Crippen LogP contribution < -0.4 is 28.4 Å². The van der Waals surface area contributed by atoms with Gasteiger partial charge in [-0.05, 0) is 18.4 Å². The standard InChI is InChI=1S/C22H24N4O8S/c1-28-15-11-16(29-2)24-21(23-15)33-13-7-6-8-14(19(13)20(27)32-9-10-35-5)34-22-25-17(30-3)12-18(26-22)31-4/h6-8,11-12H,9-10H2,1-5H3. The van der Waals surface area contributed by atoms with Crippen molar-refractivity contribution in [2.45, 2.75) is 0 Å². The van der Waals surface area contributed by atoms with Gasteiger partial charge in [-0.2, -0.15) is 31.7 Å². The van der Waals surface area contributed by atoms with Crippen LogP contribution in [0, 0.1) is 0 Å². The van der Waals surface area contributed by atoms with Crippen molar-refractivity contribution in [1.82, 2.24) is 19.9 Å². The molecule has 0 aliphatic carbocycles. The topological polar surface area (TPSA) is 133 Å². The summed E-state index contributed by atoms with van der Waals surface area (Å²) in [6, 6.07) is 7.43. The van der Waals surface area contributed by atoms with Crippen molar-refractivity contribution in [3.05, 3.63) is 35.9 Å². The molecule has 3 aromatic rings. The van der Waals surface area contributed by atoms with E-state index in [0.29, 0.717) is 5.75 Å². The Morgan fingerprint density at radius 3 is 1.57 bits per heavy atom. The van der Waals surface area contributed by atoms with Crippen LogP contribution in [0.1, 0.15) is 10.4 Å². The van der Waals surface area contributed by atoms with Crippen molar-refractivity contribution in [3.63, 3.8) is 0 Å². The van der Waals surface area contributed by atoms with Gasteiger partial charge in [0, 0.05) is 5.75 Å². The van der Waals surface area contributed by atoms with Crippen LogP contribution in [-0.4, -0.2) is 73.0 Å². The van der Waals surface area contributed by atoms with Crippen LogP contribution >= 0.6 is 11.8 Å². The normalized spacial score (nSPS) is 10.3. The fraction of sp³-hybridized carbons (Fsp3) is 0.318. The Bertz CT molecular complexity index is 1040. The molecule has 0 saturated heterocycles. The van der Waals surface area contributed by atoms with Crippen LogP contribution in [0.25, 0.3) is 0 Å². The van der Waals surface area contributed by atoms with E-state index in [1.54, 1.807) is 18.2 Å². The number of methoxy groups -OCH3 is 4. The van der Waals surface area contributed by atoms with E-state index in [2.05, 4.69) is 19.9 Å². The molecule has 0 bridgehead atoms. The van der Waals surface area contributed by atoms with Crippen LogP contribution in [0.4, 0.5) is 0 Å². The summed E-state index contributed by atoms with van der Waals surface area (Å²) in [7, 11) is 5.77. The van der Waals surface area contributed by atoms with Crippen LogP contribution in [0.5, 0.6) is 47.0 Å².